The first kappa shape index (κ1) is 30.2. The van der Waals surface area contributed by atoms with Gasteiger partial charge in [0, 0.05) is 72.9 Å². The predicted molar refractivity (Wildman–Crippen MR) is 142 cm³/mol. The summed E-state index contributed by atoms with van der Waals surface area (Å²) in [4.78, 5) is 37.4. The summed E-state index contributed by atoms with van der Waals surface area (Å²) in [7, 11) is 4.79. The first-order chi connectivity index (χ1) is 19.9. The van der Waals surface area contributed by atoms with E-state index >= 15 is 0 Å². The molecule has 1 unspecified atom stereocenters. The number of rotatable bonds is 9. The van der Waals surface area contributed by atoms with Crippen LogP contribution < -0.4 is 0 Å². The summed E-state index contributed by atoms with van der Waals surface area (Å²) in [5, 5.41) is 11.7. The molecule has 6 rings (SSSR count). The Balaban J connectivity index is 1.56. The maximum Gasteiger partial charge on any atom is 0.303 e. The summed E-state index contributed by atoms with van der Waals surface area (Å²) in [5.74, 6) is -2.76. The lowest BCUT2D eigenvalue weighted by atomic mass is 9.58. The minimum atomic E-state index is -1.27. The molecule has 0 radical (unpaired) electrons. The van der Waals surface area contributed by atoms with Crippen molar-refractivity contribution in [3.05, 3.63) is 0 Å². The van der Waals surface area contributed by atoms with Crippen molar-refractivity contribution in [3.63, 3.8) is 0 Å². The van der Waals surface area contributed by atoms with Gasteiger partial charge in [0.15, 0.2) is 11.9 Å². The van der Waals surface area contributed by atoms with E-state index in [1.165, 1.54) is 20.8 Å². The SMILES string of the molecule is CCO[C@@]12C[C@H](OC)[C@@]3(OC(C)=O)C[C@@H]([C@@H]4[C@H]1[C@H](OC)[C@H]1C45CC[C@@H](OC(C)=O)[C@@]1(COC)[C@@H](O)O5)[C@@H]2[C@H]3OC(C)=O. The molecule has 0 aromatic heterocycles. The van der Waals surface area contributed by atoms with Gasteiger partial charge >= 0.3 is 17.9 Å². The van der Waals surface area contributed by atoms with E-state index in [2.05, 4.69) is 0 Å². The van der Waals surface area contributed by atoms with Crippen LogP contribution in [-0.4, -0.2) is 105 Å². The highest BCUT2D eigenvalue weighted by molar-refractivity contribution is 5.68. The molecule has 0 spiro atoms. The Hall–Kier alpha value is -1.83. The number of ether oxygens (including phenoxy) is 8. The predicted octanol–water partition coefficient (Wildman–Crippen LogP) is 1.39. The topological polar surface area (TPSA) is 145 Å². The molecule has 1 heterocycles. The lowest BCUT2D eigenvalue weighted by Gasteiger charge is -2.54. The van der Waals surface area contributed by atoms with Crippen LogP contribution in [0.2, 0.25) is 0 Å². The maximum absolute atomic E-state index is 12.6. The van der Waals surface area contributed by atoms with Crippen LogP contribution in [0.15, 0.2) is 0 Å². The molecule has 6 aliphatic rings. The molecule has 4 bridgehead atoms. The number of esters is 3. The number of carbonyl (C=O) groups is 3. The van der Waals surface area contributed by atoms with Gasteiger partial charge in [0.05, 0.1) is 29.3 Å². The molecule has 5 aliphatic carbocycles. The highest BCUT2D eigenvalue weighted by Gasteiger charge is 2.89. The third-order valence-electron chi connectivity index (χ3n) is 11.7. The molecule has 14 atom stereocenters. The number of carbonyl (C=O) groups excluding carboxylic acids is 3. The van der Waals surface area contributed by atoms with Crippen molar-refractivity contribution < 1.29 is 57.4 Å². The summed E-state index contributed by atoms with van der Waals surface area (Å²) in [6, 6.07) is 0. The normalized spacial score (nSPS) is 51.1. The zero-order chi connectivity index (χ0) is 30.4. The Bertz CT molecular complexity index is 1130. The molecule has 1 saturated heterocycles. The molecule has 0 amide bonds. The Labute approximate surface area is 245 Å². The summed E-state index contributed by atoms with van der Waals surface area (Å²) in [6.45, 7) is 6.48. The van der Waals surface area contributed by atoms with Crippen LogP contribution in [-0.2, 0) is 52.3 Å². The van der Waals surface area contributed by atoms with E-state index in [9.17, 15) is 19.5 Å². The first-order valence-electron chi connectivity index (χ1n) is 15.0. The first-order valence-corrected chi connectivity index (χ1v) is 15.0. The Morgan fingerprint density at radius 2 is 1.60 bits per heavy atom. The van der Waals surface area contributed by atoms with Gasteiger partial charge in [-0.1, -0.05) is 0 Å². The Morgan fingerprint density at radius 1 is 0.881 bits per heavy atom. The lowest BCUT2D eigenvalue weighted by Crippen LogP contribution is -2.68. The molecular formula is C30H44O12. The molecule has 0 aromatic carbocycles. The average Bonchev–Trinajstić information content (AvgIpc) is 3.49. The van der Waals surface area contributed by atoms with Crippen LogP contribution >= 0.6 is 0 Å². The molecule has 0 aromatic rings. The van der Waals surface area contributed by atoms with Crippen molar-refractivity contribution >= 4 is 17.9 Å². The molecule has 1 N–H and O–H groups in total. The van der Waals surface area contributed by atoms with Crippen molar-refractivity contribution in [2.75, 3.05) is 34.5 Å². The summed E-state index contributed by atoms with van der Waals surface area (Å²) >= 11 is 0. The largest absolute Gasteiger partial charge is 0.462 e. The van der Waals surface area contributed by atoms with Gasteiger partial charge in [0.25, 0.3) is 0 Å². The Kier molecular flexibility index (Phi) is 7.26. The number of fused-ring (bicyclic) bond motifs is 4. The number of hydrogen-bond acceptors (Lipinski definition) is 12. The molecule has 5 saturated carbocycles. The van der Waals surface area contributed by atoms with Gasteiger partial charge in [-0.2, -0.15) is 0 Å². The van der Waals surface area contributed by atoms with Crippen molar-refractivity contribution in [2.45, 2.75) is 101 Å². The minimum Gasteiger partial charge on any atom is -0.462 e. The molecule has 1 aliphatic heterocycles. The fraction of sp³-hybridized carbons (Fsp3) is 0.900. The molecule has 12 heteroatoms. The number of hydrogen-bond donors (Lipinski definition) is 1. The van der Waals surface area contributed by atoms with Crippen molar-refractivity contribution in [1.29, 1.82) is 0 Å². The molecule has 12 nitrogen and oxygen atoms in total. The van der Waals surface area contributed by atoms with E-state index in [4.69, 9.17) is 37.9 Å². The highest BCUT2D eigenvalue weighted by Crippen LogP contribution is 2.79. The molecule has 6 fully saturated rings. The lowest BCUT2D eigenvalue weighted by molar-refractivity contribution is -0.266. The van der Waals surface area contributed by atoms with Crippen molar-refractivity contribution in [2.24, 2.45) is 35.0 Å². The average molecular weight is 597 g/mol. The van der Waals surface area contributed by atoms with Crippen LogP contribution in [0, 0.1) is 35.0 Å². The fourth-order valence-corrected chi connectivity index (χ4v) is 11.3. The van der Waals surface area contributed by atoms with Gasteiger partial charge in [-0.05, 0) is 38.0 Å². The zero-order valence-corrected chi connectivity index (χ0v) is 25.5. The summed E-state index contributed by atoms with van der Waals surface area (Å²) in [6.07, 6.45) is -2.06. The van der Waals surface area contributed by atoms with Crippen LogP contribution in [0.5, 0.6) is 0 Å². The summed E-state index contributed by atoms with van der Waals surface area (Å²) < 4.78 is 49.8. The van der Waals surface area contributed by atoms with Crippen LogP contribution in [0.1, 0.15) is 53.4 Å². The van der Waals surface area contributed by atoms with Gasteiger partial charge in [0.1, 0.15) is 18.3 Å². The van der Waals surface area contributed by atoms with E-state index in [0.717, 1.165) is 0 Å². The standard InChI is InChI=1S/C30H44O12/c1-8-38-30-12-19(36-6)29(41-16(4)33)11-17(21(30)25(29)40-15(3)32)20-22(30)23(37-7)24-27(13-35-5)18(39-14(2)31)9-10-28(20,24)42-26(27)34/h17-26,34H,8-13H2,1-7H3/t17-,18+,19-,20+,21+,22-,23-,24+,25+,26-,27+,28?,29-,30+/m0/s1. The second-order valence-corrected chi connectivity index (χ2v) is 13.1. The smallest absolute Gasteiger partial charge is 0.303 e. The van der Waals surface area contributed by atoms with E-state index in [-0.39, 0.29) is 30.3 Å². The monoisotopic (exact) mass is 596 g/mol. The zero-order valence-electron chi connectivity index (χ0n) is 25.5. The number of methoxy groups -OCH3 is 3. The molecule has 236 valence electrons. The van der Waals surface area contributed by atoms with Gasteiger partial charge in [0.2, 0.25) is 0 Å². The third-order valence-corrected chi connectivity index (χ3v) is 11.7. The third kappa shape index (κ3) is 3.53. The van der Waals surface area contributed by atoms with Gasteiger partial charge < -0.3 is 43.0 Å². The fourth-order valence-electron chi connectivity index (χ4n) is 11.3. The minimum absolute atomic E-state index is 0.0989. The van der Waals surface area contributed by atoms with Crippen LogP contribution in [0.25, 0.3) is 0 Å². The van der Waals surface area contributed by atoms with E-state index in [1.54, 1.807) is 21.3 Å². The quantitative estimate of drug-likeness (QED) is 0.303. The molecular weight excluding hydrogens is 552 g/mol. The number of aliphatic hydroxyl groups is 1. The van der Waals surface area contributed by atoms with Gasteiger partial charge in [-0.25, -0.2) is 0 Å². The van der Waals surface area contributed by atoms with E-state index in [1.807, 2.05) is 6.92 Å². The summed E-state index contributed by atoms with van der Waals surface area (Å²) in [5.41, 5.74) is -4.03. The van der Waals surface area contributed by atoms with Crippen LogP contribution in [0.3, 0.4) is 0 Å². The van der Waals surface area contributed by atoms with Gasteiger partial charge in [-0.3, -0.25) is 14.4 Å². The second kappa shape index (κ2) is 10.1. The molecule has 42 heavy (non-hydrogen) atoms. The van der Waals surface area contributed by atoms with E-state index < -0.39 is 76.7 Å². The van der Waals surface area contributed by atoms with Gasteiger partial charge in [-0.15, -0.1) is 0 Å². The van der Waals surface area contributed by atoms with Crippen molar-refractivity contribution in [3.8, 4) is 0 Å². The van der Waals surface area contributed by atoms with E-state index in [0.29, 0.717) is 32.3 Å². The van der Waals surface area contributed by atoms with Crippen molar-refractivity contribution in [1.82, 2.24) is 0 Å². The Morgan fingerprint density at radius 3 is 2.17 bits per heavy atom. The number of aliphatic hydroxyl groups excluding tert-OH is 1. The highest BCUT2D eigenvalue weighted by atomic mass is 16.6. The van der Waals surface area contributed by atoms with Crippen LogP contribution in [0.4, 0.5) is 0 Å². The second-order valence-electron chi connectivity index (χ2n) is 13.1. The maximum atomic E-state index is 12.6.